The third-order valence-electron chi connectivity index (χ3n) is 17.5. The number of phosphoric acid groups is 2. The summed E-state index contributed by atoms with van der Waals surface area (Å²) in [4.78, 5) is 72.7. The highest BCUT2D eigenvalue weighted by Crippen LogP contribution is 2.45. The summed E-state index contributed by atoms with van der Waals surface area (Å²) >= 11 is 0. The van der Waals surface area contributed by atoms with Crippen LogP contribution in [0.5, 0.6) is 0 Å². The zero-order valence-corrected chi connectivity index (χ0v) is 62.9. The van der Waals surface area contributed by atoms with Gasteiger partial charge in [0.25, 0.3) is 0 Å². The number of unbranched alkanes of at least 4 members (excludes halogenated alkanes) is 47. The van der Waals surface area contributed by atoms with Crippen molar-refractivity contribution in [2.45, 2.75) is 412 Å². The molecule has 0 fully saturated rings. The molecular weight excluding hydrogens is 1230 g/mol. The van der Waals surface area contributed by atoms with Gasteiger partial charge in [0.05, 0.1) is 26.4 Å². The highest BCUT2D eigenvalue weighted by atomic mass is 31.2. The topological polar surface area (TPSA) is 237 Å². The highest BCUT2D eigenvalue weighted by Gasteiger charge is 2.30. The van der Waals surface area contributed by atoms with Gasteiger partial charge in [-0.05, 0) is 31.6 Å². The SMILES string of the molecule is CCCCCCCCCCCCCCCCCCCCC(=O)O[C@H](COC(=O)CCCCCCCCCCCCCCCCCCC)COP(=O)(O)OC[C@@H](O)COP(=O)(O)OC[C@@H](COC(=O)CCCCCCCCCC)OC(=O)CCCCCCCCCCC(C)C. The van der Waals surface area contributed by atoms with E-state index in [9.17, 15) is 43.2 Å². The number of rotatable bonds is 75. The molecule has 3 N–H and O–H groups in total. The van der Waals surface area contributed by atoms with Crippen molar-refractivity contribution in [3.05, 3.63) is 0 Å². The second-order valence-corrected chi connectivity index (χ2v) is 30.4. The molecule has 0 saturated heterocycles. The summed E-state index contributed by atoms with van der Waals surface area (Å²) in [6.45, 7) is 7.22. The number of esters is 4. The molecule has 0 saturated carbocycles. The lowest BCUT2D eigenvalue weighted by Crippen LogP contribution is -2.30. The van der Waals surface area contributed by atoms with Crippen LogP contribution in [0.15, 0.2) is 0 Å². The molecule has 0 aliphatic carbocycles. The van der Waals surface area contributed by atoms with Gasteiger partial charge in [-0.3, -0.25) is 37.3 Å². The molecule has 17 nitrogen and oxygen atoms in total. The number of hydrogen-bond donors (Lipinski definition) is 3. The normalized spacial score (nSPS) is 14.0. The van der Waals surface area contributed by atoms with Crippen LogP contribution in [0, 0.1) is 5.92 Å². The van der Waals surface area contributed by atoms with Gasteiger partial charge in [0.2, 0.25) is 0 Å². The van der Waals surface area contributed by atoms with E-state index < -0.39 is 97.5 Å². The Bertz CT molecular complexity index is 1810. The third-order valence-corrected chi connectivity index (χ3v) is 19.4. The quantitative estimate of drug-likeness (QED) is 0.0222. The fourth-order valence-corrected chi connectivity index (χ4v) is 13.1. The Morgan fingerprint density at radius 2 is 0.489 bits per heavy atom. The lowest BCUT2D eigenvalue weighted by Gasteiger charge is -2.21. The minimum atomic E-state index is -4.96. The maximum absolute atomic E-state index is 13.1. The summed E-state index contributed by atoms with van der Waals surface area (Å²) in [6, 6.07) is 0. The van der Waals surface area contributed by atoms with Gasteiger partial charge in [-0.1, -0.05) is 343 Å². The lowest BCUT2D eigenvalue weighted by atomic mass is 10.0. The molecule has 5 atom stereocenters. The second kappa shape index (κ2) is 68.2. The summed E-state index contributed by atoms with van der Waals surface area (Å²) in [7, 11) is -9.90. The summed E-state index contributed by atoms with van der Waals surface area (Å²) in [5.41, 5.74) is 0. The average Bonchev–Trinajstić information content (AvgIpc) is 2.12. The van der Waals surface area contributed by atoms with Crippen LogP contribution in [-0.2, 0) is 65.4 Å². The first-order chi connectivity index (χ1) is 45.5. The summed E-state index contributed by atoms with van der Waals surface area (Å²) in [5.74, 6) is -1.40. The minimum absolute atomic E-state index is 0.105. The fraction of sp³-hybridized carbons (Fsp3) is 0.947. The van der Waals surface area contributed by atoms with Gasteiger partial charge in [0.15, 0.2) is 12.2 Å². The first kappa shape index (κ1) is 92.1. The molecule has 0 heterocycles. The van der Waals surface area contributed by atoms with Gasteiger partial charge in [-0.15, -0.1) is 0 Å². The number of aliphatic hydroxyl groups excluding tert-OH is 1. The van der Waals surface area contributed by atoms with Crippen LogP contribution < -0.4 is 0 Å². The van der Waals surface area contributed by atoms with Crippen LogP contribution in [0.4, 0.5) is 0 Å². The van der Waals surface area contributed by atoms with E-state index in [1.54, 1.807) is 0 Å². The number of ether oxygens (including phenoxy) is 4. The summed E-state index contributed by atoms with van der Waals surface area (Å²) in [6.07, 6.45) is 57.0. The molecule has 0 radical (unpaired) electrons. The number of hydrogen-bond acceptors (Lipinski definition) is 15. The third kappa shape index (κ3) is 68.6. The van der Waals surface area contributed by atoms with E-state index in [1.165, 1.54) is 212 Å². The standard InChI is InChI=1S/C75H146O17P2/c1-6-9-12-15-18-21-23-25-27-29-31-33-35-37-39-45-50-55-60-74(79)91-71(65-86-73(78)59-54-49-44-38-36-34-32-30-28-26-24-22-19-16-13-10-7-2)67-90-94(83,84)88-63-69(76)62-87-93(81,82)89-66-70(64-85-72(77)58-53-48-43-20-17-14-11-8-3)92-75(80)61-56-51-46-41-40-42-47-52-57-68(4)5/h68-71,76H,6-67H2,1-5H3,(H,81,82)(H,83,84)/t69-,70+,71+/m0/s1. The van der Waals surface area contributed by atoms with E-state index >= 15 is 0 Å². The van der Waals surface area contributed by atoms with Gasteiger partial charge < -0.3 is 33.8 Å². The van der Waals surface area contributed by atoms with Crippen LogP contribution in [0.3, 0.4) is 0 Å². The second-order valence-electron chi connectivity index (χ2n) is 27.5. The molecule has 0 rings (SSSR count). The van der Waals surface area contributed by atoms with E-state index in [-0.39, 0.29) is 25.7 Å². The zero-order valence-electron chi connectivity index (χ0n) is 61.1. The Hall–Kier alpha value is -1.94. The van der Waals surface area contributed by atoms with Crippen molar-refractivity contribution in [3.63, 3.8) is 0 Å². The molecule has 19 heteroatoms. The van der Waals surface area contributed by atoms with Crippen molar-refractivity contribution >= 4 is 39.5 Å². The van der Waals surface area contributed by atoms with Crippen molar-refractivity contribution < 1.29 is 80.2 Å². The van der Waals surface area contributed by atoms with E-state index in [1.807, 2.05) is 0 Å². The largest absolute Gasteiger partial charge is 0.472 e. The number of aliphatic hydroxyl groups is 1. The number of carbonyl (C=O) groups excluding carboxylic acids is 4. The molecule has 0 aliphatic rings. The Kier molecular flexibility index (Phi) is 66.8. The molecule has 0 amide bonds. The highest BCUT2D eigenvalue weighted by molar-refractivity contribution is 7.47. The van der Waals surface area contributed by atoms with Gasteiger partial charge in [0, 0.05) is 25.7 Å². The van der Waals surface area contributed by atoms with Crippen molar-refractivity contribution in [1.29, 1.82) is 0 Å². The van der Waals surface area contributed by atoms with Crippen molar-refractivity contribution in [1.82, 2.24) is 0 Å². The van der Waals surface area contributed by atoms with Gasteiger partial charge in [-0.25, -0.2) is 9.13 Å². The molecule has 2 unspecified atom stereocenters. The smallest absolute Gasteiger partial charge is 0.462 e. The minimum Gasteiger partial charge on any atom is -0.462 e. The first-order valence-corrected chi connectivity index (χ1v) is 42.1. The Labute approximate surface area is 575 Å². The van der Waals surface area contributed by atoms with E-state index in [0.29, 0.717) is 25.7 Å². The van der Waals surface area contributed by atoms with Crippen LogP contribution in [-0.4, -0.2) is 96.7 Å². The van der Waals surface area contributed by atoms with Crippen molar-refractivity contribution in [2.75, 3.05) is 39.6 Å². The zero-order chi connectivity index (χ0) is 69.1. The molecule has 94 heavy (non-hydrogen) atoms. The van der Waals surface area contributed by atoms with Crippen molar-refractivity contribution in [3.8, 4) is 0 Å². The van der Waals surface area contributed by atoms with Crippen LogP contribution in [0.25, 0.3) is 0 Å². The Balaban J connectivity index is 5.20. The first-order valence-electron chi connectivity index (χ1n) is 39.1. The molecule has 0 aliphatic heterocycles. The fourth-order valence-electron chi connectivity index (χ4n) is 11.5. The van der Waals surface area contributed by atoms with E-state index in [4.69, 9.17) is 37.0 Å². The monoisotopic (exact) mass is 1380 g/mol. The van der Waals surface area contributed by atoms with E-state index in [2.05, 4.69) is 34.6 Å². The molecule has 0 bridgehead atoms. The van der Waals surface area contributed by atoms with Crippen LogP contribution >= 0.6 is 15.6 Å². The number of phosphoric ester groups is 2. The number of carbonyl (C=O) groups is 4. The summed E-state index contributed by atoms with van der Waals surface area (Å²) < 4.78 is 68.4. The summed E-state index contributed by atoms with van der Waals surface area (Å²) in [5, 5.41) is 10.6. The molecule has 558 valence electrons. The van der Waals surface area contributed by atoms with Gasteiger partial charge in [0.1, 0.15) is 19.3 Å². The average molecular weight is 1380 g/mol. The van der Waals surface area contributed by atoms with Gasteiger partial charge >= 0.3 is 39.5 Å². The molecule has 0 aromatic rings. The van der Waals surface area contributed by atoms with E-state index in [0.717, 1.165) is 102 Å². The predicted octanol–water partition coefficient (Wildman–Crippen LogP) is 22.1. The Morgan fingerprint density at radius 3 is 0.723 bits per heavy atom. The molecule has 0 spiro atoms. The maximum atomic E-state index is 13.1. The predicted molar refractivity (Wildman–Crippen MR) is 382 cm³/mol. The van der Waals surface area contributed by atoms with Gasteiger partial charge in [-0.2, -0.15) is 0 Å². The van der Waals surface area contributed by atoms with Crippen LogP contribution in [0.2, 0.25) is 0 Å². The lowest BCUT2D eigenvalue weighted by molar-refractivity contribution is -0.161. The molecular formula is C75H146O17P2. The van der Waals surface area contributed by atoms with Crippen LogP contribution in [0.1, 0.15) is 394 Å². The maximum Gasteiger partial charge on any atom is 0.472 e. The Morgan fingerprint density at radius 1 is 0.287 bits per heavy atom. The molecule has 0 aromatic heterocycles. The van der Waals surface area contributed by atoms with Crippen molar-refractivity contribution in [2.24, 2.45) is 5.92 Å². The molecule has 0 aromatic carbocycles.